The highest BCUT2D eigenvalue weighted by atomic mass is 35.5. The largest absolute Gasteiger partial charge is 0.343 e. The number of amides is 1. The second kappa shape index (κ2) is 6.37. The predicted molar refractivity (Wildman–Crippen MR) is 102 cm³/mol. The lowest BCUT2D eigenvalue weighted by Crippen LogP contribution is -2.27. The molecule has 0 atom stereocenters. The summed E-state index contributed by atoms with van der Waals surface area (Å²) in [5, 5.41) is 0.956. The van der Waals surface area contributed by atoms with Crippen molar-refractivity contribution in [2.45, 2.75) is 13.0 Å². The van der Waals surface area contributed by atoms with Crippen molar-refractivity contribution < 1.29 is 4.79 Å². The summed E-state index contributed by atoms with van der Waals surface area (Å²) >= 11 is 6.02. The van der Waals surface area contributed by atoms with E-state index in [0.29, 0.717) is 11.3 Å². The summed E-state index contributed by atoms with van der Waals surface area (Å²) in [7, 11) is 5.61. The number of carbonyl (C=O) groups excluding carboxylic acids is 1. The van der Waals surface area contributed by atoms with Gasteiger partial charge in [0.05, 0.1) is 0 Å². The molecular formula is C19H20ClN5O. The molecule has 0 N–H and O–H groups in total. The predicted octanol–water partition coefficient (Wildman–Crippen LogP) is 2.76. The van der Waals surface area contributed by atoms with Gasteiger partial charge < -0.3 is 9.80 Å². The zero-order valence-electron chi connectivity index (χ0n) is 15.0. The van der Waals surface area contributed by atoms with Gasteiger partial charge >= 0.3 is 0 Å². The van der Waals surface area contributed by atoms with Gasteiger partial charge in [-0.3, -0.25) is 9.36 Å². The normalized spacial score (nSPS) is 14.5. The maximum Gasteiger partial charge on any atom is 0.270 e. The van der Waals surface area contributed by atoms with Crippen molar-refractivity contribution in [2.24, 2.45) is 0 Å². The first-order valence-electron chi connectivity index (χ1n) is 8.50. The number of carbonyl (C=O) groups is 1. The molecule has 0 saturated carbocycles. The molecule has 2 aromatic heterocycles. The minimum absolute atomic E-state index is 0.0865. The lowest BCUT2D eigenvalue weighted by molar-refractivity contribution is 0.0820. The highest BCUT2D eigenvalue weighted by molar-refractivity contribution is 6.28. The van der Waals surface area contributed by atoms with Crippen LogP contribution in [0.5, 0.6) is 0 Å². The number of benzene rings is 1. The average molecular weight is 370 g/mol. The summed E-state index contributed by atoms with van der Waals surface area (Å²) in [5.41, 5.74) is 4.75. The fraction of sp³-hybridized carbons (Fsp3) is 0.316. The number of halogens is 1. The topological polar surface area (TPSA) is 54.3 Å². The van der Waals surface area contributed by atoms with Gasteiger partial charge in [0.15, 0.2) is 0 Å². The first kappa shape index (κ1) is 17.0. The average Bonchev–Trinajstić information content (AvgIpc) is 2.98. The van der Waals surface area contributed by atoms with Crippen LogP contribution in [0.2, 0.25) is 5.28 Å². The molecule has 6 nitrogen and oxygen atoms in total. The molecule has 0 unspecified atom stereocenters. The lowest BCUT2D eigenvalue weighted by Gasteiger charge is -2.25. The summed E-state index contributed by atoms with van der Waals surface area (Å²) in [5.74, 6) is -0.0865. The number of hydrogen-bond donors (Lipinski definition) is 0. The Hall–Kier alpha value is -2.44. The van der Waals surface area contributed by atoms with Crippen molar-refractivity contribution in [1.29, 1.82) is 0 Å². The zero-order valence-corrected chi connectivity index (χ0v) is 15.8. The van der Waals surface area contributed by atoms with Gasteiger partial charge in [0, 0.05) is 44.5 Å². The third-order valence-corrected chi connectivity index (χ3v) is 4.97. The zero-order chi connectivity index (χ0) is 18.4. The Morgan fingerprint density at radius 3 is 2.81 bits per heavy atom. The molecule has 1 aliphatic heterocycles. The van der Waals surface area contributed by atoms with E-state index in [2.05, 4.69) is 34.0 Å². The van der Waals surface area contributed by atoms with E-state index < -0.39 is 0 Å². The molecule has 0 aliphatic carbocycles. The Bertz CT molecular complexity index is 1010. The number of nitrogens with zero attached hydrogens (tertiary/aromatic N) is 5. The van der Waals surface area contributed by atoms with Crippen molar-refractivity contribution in [2.75, 3.05) is 27.7 Å². The molecule has 3 aromatic rings. The number of aromatic nitrogens is 3. The molecule has 1 aliphatic rings. The van der Waals surface area contributed by atoms with Gasteiger partial charge in [0.1, 0.15) is 11.3 Å². The maximum atomic E-state index is 12.7. The molecule has 0 radical (unpaired) electrons. The van der Waals surface area contributed by atoms with Crippen LogP contribution in [0.25, 0.3) is 16.7 Å². The van der Waals surface area contributed by atoms with Gasteiger partial charge in [-0.05, 0) is 54.4 Å². The maximum absolute atomic E-state index is 12.7. The van der Waals surface area contributed by atoms with Crippen LogP contribution in [-0.4, -0.2) is 57.9 Å². The summed E-state index contributed by atoms with van der Waals surface area (Å²) in [6.45, 7) is 1.97. The molecule has 134 valence electrons. The first-order valence-corrected chi connectivity index (χ1v) is 8.88. The summed E-state index contributed by atoms with van der Waals surface area (Å²) in [6.07, 6.45) is 2.65. The van der Waals surface area contributed by atoms with Crippen LogP contribution in [-0.2, 0) is 13.0 Å². The van der Waals surface area contributed by atoms with E-state index in [9.17, 15) is 4.79 Å². The van der Waals surface area contributed by atoms with Crippen molar-refractivity contribution in [3.63, 3.8) is 0 Å². The third-order valence-electron chi connectivity index (χ3n) is 4.79. The molecular weight excluding hydrogens is 350 g/mol. The third kappa shape index (κ3) is 2.85. The smallest absolute Gasteiger partial charge is 0.270 e. The molecule has 0 bridgehead atoms. The van der Waals surface area contributed by atoms with E-state index in [1.807, 2.05) is 16.7 Å². The Balaban J connectivity index is 1.93. The van der Waals surface area contributed by atoms with Crippen LogP contribution in [0.1, 0.15) is 21.6 Å². The molecule has 1 aromatic carbocycles. The summed E-state index contributed by atoms with van der Waals surface area (Å²) < 4.78 is 1.88. The van der Waals surface area contributed by atoms with Crippen LogP contribution >= 0.6 is 11.6 Å². The van der Waals surface area contributed by atoms with Crippen LogP contribution < -0.4 is 0 Å². The number of fused-ring (bicyclic) bond motifs is 2. The van der Waals surface area contributed by atoms with Gasteiger partial charge in [0.2, 0.25) is 5.28 Å². The fourth-order valence-corrected chi connectivity index (χ4v) is 3.56. The highest BCUT2D eigenvalue weighted by Gasteiger charge is 2.21. The first-order chi connectivity index (χ1) is 12.4. The Morgan fingerprint density at radius 2 is 2.04 bits per heavy atom. The Kier molecular flexibility index (Phi) is 4.17. The van der Waals surface area contributed by atoms with Crippen molar-refractivity contribution in [3.05, 3.63) is 52.6 Å². The highest BCUT2D eigenvalue weighted by Crippen LogP contribution is 2.27. The molecule has 3 heterocycles. The molecule has 0 fully saturated rings. The number of likely N-dealkylation sites (N-methyl/N-ethyl adjacent to an activating group) is 1. The Morgan fingerprint density at radius 1 is 1.23 bits per heavy atom. The number of hydrogen-bond acceptors (Lipinski definition) is 4. The lowest BCUT2D eigenvalue weighted by atomic mass is 9.99. The second-order valence-electron chi connectivity index (χ2n) is 6.92. The van der Waals surface area contributed by atoms with E-state index in [-0.39, 0.29) is 11.2 Å². The van der Waals surface area contributed by atoms with Crippen LogP contribution in [0, 0.1) is 0 Å². The molecule has 26 heavy (non-hydrogen) atoms. The van der Waals surface area contributed by atoms with Gasteiger partial charge in [-0.25, -0.2) is 4.98 Å². The van der Waals surface area contributed by atoms with Crippen molar-refractivity contribution in [1.82, 2.24) is 24.3 Å². The standard InChI is InChI=1S/C19H20ClN5O/c1-23(2)18(26)16-9-14-10-21-19(20)22-17(14)25(16)15-5-4-13-11-24(3)7-6-12(13)8-15/h4-5,8-10H,6-7,11H2,1-3H3. The van der Waals surface area contributed by atoms with Crippen LogP contribution in [0.4, 0.5) is 0 Å². The van der Waals surface area contributed by atoms with Crippen LogP contribution in [0.3, 0.4) is 0 Å². The molecule has 7 heteroatoms. The van der Waals surface area contributed by atoms with E-state index in [0.717, 1.165) is 30.6 Å². The molecule has 4 rings (SSSR count). The minimum Gasteiger partial charge on any atom is -0.343 e. The van der Waals surface area contributed by atoms with Gasteiger partial charge in [0.25, 0.3) is 5.91 Å². The fourth-order valence-electron chi connectivity index (χ4n) is 3.44. The SMILES string of the molecule is CN1CCc2cc(-n3c(C(=O)N(C)C)cc4cnc(Cl)nc43)ccc2C1. The minimum atomic E-state index is -0.0865. The summed E-state index contributed by atoms with van der Waals surface area (Å²) in [4.78, 5) is 25.0. The van der Waals surface area contributed by atoms with Crippen molar-refractivity contribution >= 4 is 28.5 Å². The van der Waals surface area contributed by atoms with E-state index in [4.69, 9.17) is 11.6 Å². The number of rotatable bonds is 2. The second-order valence-corrected chi connectivity index (χ2v) is 7.26. The van der Waals surface area contributed by atoms with E-state index >= 15 is 0 Å². The van der Waals surface area contributed by atoms with Gasteiger partial charge in [-0.2, -0.15) is 4.98 Å². The summed E-state index contributed by atoms with van der Waals surface area (Å²) in [6, 6.07) is 8.16. The van der Waals surface area contributed by atoms with Crippen molar-refractivity contribution in [3.8, 4) is 5.69 Å². The quantitative estimate of drug-likeness (QED) is 0.652. The monoisotopic (exact) mass is 369 g/mol. The van der Waals surface area contributed by atoms with Gasteiger partial charge in [-0.1, -0.05) is 6.07 Å². The molecule has 0 spiro atoms. The molecule has 1 amide bonds. The van der Waals surface area contributed by atoms with Crippen LogP contribution in [0.15, 0.2) is 30.5 Å². The Labute approximate surface area is 157 Å². The molecule has 0 saturated heterocycles. The van der Waals surface area contributed by atoms with Gasteiger partial charge in [-0.15, -0.1) is 0 Å². The van der Waals surface area contributed by atoms with E-state index in [1.54, 1.807) is 25.2 Å². The van der Waals surface area contributed by atoms with E-state index in [1.165, 1.54) is 11.1 Å².